The molecule has 8 heteroatoms. The number of halogens is 3. The predicted octanol–water partition coefficient (Wildman–Crippen LogP) is 4.53. The van der Waals surface area contributed by atoms with Crippen molar-refractivity contribution in [1.29, 1.82) is 0 Å². The first kappa shape index (κ1) is 21.6. The van der Waals surface area contributed by atoms with Crippen molar-refractivity contribution in [1.82, 2.24) is 10.2 Å². The predicted molar refractivity (Wildman–Crippen MR) is 112 cm³/mol. The molecule has 164 valence electrons. The third kappa shape index (κ3) is 4.66. The van der Waals surface area contributed by atoms with Gasteiger partial charge in [0.25, 0.3) is 5.91 Å². The van der Waals surface area contributed by atoms with Gasteiger partial charge in [-0.2, -0.15) is 0 Å². The Morgan fingerprint density at radius 1 is 1.13 bits per heavy atom. The summed E-state index contributed by atoms with van der Waals surface area (Å²) in [5, 5.41) is 3.39. The second kappa shape index (κ2) is 9.22. The lowest BCUT2D eigenvalue weighted by Gasteiger charge is -2.32. The Kier molecular flexibility index (Phi) is 6.41. The summed E-state index contributed by atoms with van der Waals surface area (Å²) in [6, 6.07) is 7.14. The van der Waals surface area contributed by atoms with E-state index in [1.165, 1.54) is 11.0 Å². The SMILES string of the molecule is O=C(NC1CCCCC1)C1c2cc(Cl)ccc2OCC(=O)N1Cc1c(F)cccc1F. The van der Waals surface area contributed by atoms with Crippen molar-refractivity contribution in [3.8, 4) is 5.75 Å². The highest BCUT2D eigenvalue weighted by Crippen LogP contribution is 2.36. The minimum Gasteiger partial charge on any atom is -0.483 e. The molecule has 2 aliphatic rings. The fourth-order valence-corrected chi connectivity index (χ4v) is 4.42. The van der Waals surface area contributed by atoms with Gasteiger partial charge in [-0.3, -0.25) is 9.59 Å². The van der Waals surface area contributed by atoms with Crippen LogP contribution in [0, 0.1) is 11.6 Å². The molecule has 0 saturated heterocycles. The Hall–Kier alpha value is -2.67. The van der Waals surface area contributed by atoms with Crippen molar-refractivity contribution in [3.63, 3.8) is 0 Å². The van der Waals surface area contributed by atoms with Crippen molar-refractivity contribution >= 4 is 23.4 Å². The Bertz CT molecular complexity index is 975. The topological polar surface area (TPSA) is 58.6 Å². The molecule has 4 rings (SSSR count). The first-order valence-corrected chi connectivity index (χ1v) is 10.8. The number of carbonyl (C=O) groups excluding carboxylic acids is 2. The molecule has 2 amide bonds. The average Bonchev–Trinajstić information content (AvgIpc) is 2.88. The molecule has 1 heterocycles. The Labute approximate surface area is 184 Å². The first-order valence-electron chi connectivity index (χ1n) is 10.4. The summed E-state index contributed by atoms with van der Waals surface area (Å²) in [7, 11) is 0. The van der Waals surface area contributed by atoms with Crippen molar-refractivity contribution < 1.29 is 23.1 Å². The van der Waals surface area contributed by atoms with E-state index in [0.29, 0.717) is 16.3 Å². The van der Waals surface area contributed by atoms with Crippen LogP contribution in [0.4, 0.5) is 8.78 Å². The lowest BCUT2D eigenvalue weighted by molar-refractivity contribution is -0.142. The zero-order valence-electron chi connectivity index (χ0n) is 16.9. The zero-order valence-corrected chi connectivity index (χ0v) is 17.6. The van der Waals surface area contributed by atoms with Gasteiger partial charge in [-0.05, 0) is 43.2 Å². The van der Waals surface area contributed by atoms with Crippen LogP contribution in [0.2, 0.25) is 5.02 Å². The standard InChI is InChI=1S/C23H23ClF2N2O3/c24-14-9-10-20-16(11-14)22(23(30)27-15-5-2-1-3-6-15)28(21(29)13-31-20)12-17-18(25)7-4-8-19(17)26/h4,7-11,15,22H,1-3,5-6,12-13H2,(H,27,30). The fraction of sp³-hybridized carbons (Fsp3) is 0.391. The van der Waals surface area contributed by atoms with Gasteiger partial charge in [0.05, 0.1) is 6.54 Å². The van der Waals surface area contributed by atoms with Crippen LogP contribution in [0.5, 0.6) is 5.75 Å². The van der Waals surface area contributed by atoms with Crippen LogP contribution in [0.3, 0.4) is 0 Å². The van der Waals surface area contributed by atoms with Gasteiger partial charge in [-0.15, -0.1) is 0 Å². The molecule has 31 heavy (non-hydrogen) atoms. The van der Waals surface area contributed by atoms with Crippen LogP contribution < -0.4 is 10.1 Å². The first-order chi connectivity index (χ1) is 14.9. The number of hydrogen-bond acceptors (Lipinski definition) is 3. The Balaban J connectivity index is 1.74. The molecule has 1 atom stereocenters. The van der Waals surface area contributed by atoms with Gasteiger partial charge >= 0.3 is 0 Å². The van der Waals surface area contributed by atoms with Crippen LogP contribution in [0.25, 0.3) is 0 Å². The summed E-state index contributed by atoms with van der Waals surface area (Å²) in [6.45, 7) is -0.757. The molecule has 1 saturated carbocycles. The second-order valence-electron chi connectivity index (χ2n) is 7.94. The molecule has 0 aromatic heterocycles. The maximum absolute atomic E-state index is 14.4. The van der Waals surface area contributed by atoms with Crippen LogP contribution in [0.1, 0.15) is 49.3 Å². The zero-order chi connectivity index (χ0) is 22.0. The number of amides is 2. The molecule has 0 bridgehead atoms. The molecule has 1 aliphatic carbocycles. The van der Waals surface area contributed by atoms with Gasteiger partial charge in [-0.1, -0.05) is 36.9 Å². The molecule has 2 aromatic rings. The largest absolute Gasteiger partial charge is 0.483 e. The van der Waals surface area contributed by atoms with Crippen molar-refractivity contribution in [2.75, 3.05) is 6.61 Å². The van der Waals surface area contributed by atoms with Crippen molar-refractivity contribution in [3.05, 3.63) is 64.2 Å². The highest BCUT2D eigenvalue weighted by Gasteiger charge is 2.38. The Morgan fingerprint density at radius 2 is 1.84 bits per heavy atom. The molecule has 2 aromatic carbocycles. The lowest BCUT2D eigenvalue weighted by Crippen LogP contribution is -2.47. The van der Waals surface area contributed by atoms with Gasteiger partial charge < -0.3 is 15.0 Å². The van der Waals surface area contributed by atoms with E-state index in [0.717, 1.165) is 44.2 Å². The summed E-state index contributed by atoms with van der Waals surface area (Å²) in [6.07, 6.45) is 4.87. The van der Waals surface area contributed by atoms with E-state index in [4.69, 9.17) is 16.3 Å². The summed E-state index contributed by atoms with van der Waals surface area (Å²) in [5.74, 6) is -2.17. The fourth-order valence-electron chi connectivity index (χ4n) is 4.24. The van der Waals surface area contributed by atoms with Gasteiger partial charge in [-0.25, -0.2) is 8.78 Å². The third-order valence-corrected chi connectivity index (χ3v) is 6.07. The molecular weight excluding hydrogens is 426 g/mol. The van der Waals surface area contributed by atoms with Crippen LogP contribution in [0.15, 0.2) is 36.4 Å². The minimum atomic E-state index is -1.12. The number of ether oxygens (including phenoxy) is 1. The van der Waals surface area contributed by atoms with Crippen molar-refractivity contribution in [2.24, 2.45) is 0 Å². The van der Waals surface area contributed by atoms with E-state index in [2.05, 4.69) is 5.32 Å². The maximum atomic E-state index is 14.4. The van der Waals surface area contributed by atoms with Crippen LogP contribution in [-0.2, 0) is 16.1 Å². The monoisotopic (exact) mass is 448 g/mol. The Morgan fingerprint density at radius 3 is 2.55 bits per heavy atom. The van der Waals surface area contributed by atoms with E-state index in [1.54, 1.807) is 18.2 Å². The normalized spacial score (nSPS) is 19.4. The molecule has 5 nitrogen and oxygen atoms in total. The summed E-state index contributed by atoms with van der Waals surface area (Å²) < 4.78 is 34.3. The van der Waals surface area contributed by atoms with E-state index >= 15 is 0 Å². The quantitative estimate of drug-likeness (QED) is 0.747. The van der Waals surface area contributed by atoms with Gasteiger partial charge in [0, 0.05) is 22.2 Å². The lowest BCUT2D eigenvalue weighted by atomic mass is 9.94. The molecule has 1 unspecified atom stereocenters. The summed E-state index contributed by atoms with van der Waals surface area (Å²) in [5.41, 5.74) is 0.111. The number of hydrogen-bond donors (Lipinski definition) is 1. The van der Waals surface area contributed by atoms with Gasteiger partial charge in [0.15, 0.2) is 6.61 Å². The van der Waals surface area contributed by atoms with Gasteiger partial charge in [0.1, 0.15) is 23.4 Å². The second-order valence-corrected chi connectivity index (χ2v) is 8.38. The summed E-state index contributed by atoms with van der Waals surface area (Å²) in [4.78, 5) is 27.5. The van der Waals surface area contributed by atoms with E-state index in [-0.39, 0.29) is 18.2 Å². The average molecular weight is 449 g/mol. The number of fused-ring (bicyclic) bond motifs is 1. The maximum Gasteiger partial charge on any atom is 0.261 e. The molecule has 1 fully saturated rings. The minimum absolute atomic E-state index is 0.00444. The number of benzene rings is 2. The molecular formula is C23H23ClF2N2O3. The number of nitrogens with zero attached hydrogens (tertiary/aromatic N) is 1. The van der Waals surface area contributed by atoms with Crippen molar-refractivity contribution in [2.45, 2.75) is 50.7 Å². The smallest absolute Gasteiger partial charge is 0.261 e. The van der Waals surface area contributed by atoms with E-state index in [9.17, 15) is 18.4 Å². The van der Waals surface area contributed by atoms with E-state index in [1.807, 2.05) is 0 Å². The number of carbonyl (C=O) groups is 2. The molecule has 0 spiro atoms. The molecule has 1 aliphatic heterocycles. The number of rotatable bonds is 4. The highest BCUT2D eigenvalue weighted by molar-refractivity contribution is 6.30. The molecule has 1 N–H and O–H groups in total. The number of nitrogens with one attached hydrogen (secondary N) is 1. The molecule has 0 radical (unpaired) electrons. The van der Waals surface area contributed by atoms with Crippen LogP contribution in [-0.4, -0.2) is 29.4 Å². The summed E-state index contributed by atoms with van der Waals surface area (Å²) >= 11 is 6.18. The van der Waals surface area contributed by atoms with Gasteiger partial charge in [0.2, 0.25) is 5.91 Å². The van der Waals surface area contributed by atoms with E-state index < -0.39 is 36.0 Å². The third-order valence-electron chi connectivity index (χ3n) is 5.84. The highest BCUT2D eigenvalue weighted by atomic mass is 35.5. The van der Waals surface area contributed by atoms with Crippen LogP contribution >= 0.6 is 11.6 Å².